The molecule has 29 heavy (non-hydrogen) atoms. The molecular weight excluding hydrogens is 413 g/mol. The summed E-state index contributed by atoms with van der Waals surface area (Å²) in [6.45, 7) is -0.204. The number of benzene rings is 1. The zero-order valence-corrected chi connectivity index (χ0v) is 15.8. The van der Waals surface area contributed by atoms with Gasteiger partial charge in [-0.1, -0.05) is 17.7 Å². The maximum absolute atomic E-state index is 12.7. The Labute approximate surface area is 168 Å². The molecule has 1 aromatic carbocycles. The second-order valence-electron chi connectivity index (χ2n) is 5.78. The number of carbonyl (C=O) groups excluding carboxylic acids is 3. The number of rotatable bonds is 7. The van der Waals surface area contributed by atoms with E-state index >= 15 is 0 Å². The van der Waals surface area contributed by atoms with Crippen molar-refractivity contribution < 1.29 is 27.6 Å². The molecule has 0 saturated heterocycles. The number of amides is 3. The lowest BCUT2D eigenvalue weighted by molar-refractivity contribution is -0.141. The van der Waals surface area contributed by atoms with E-state index in [9.17, 15) is 27.6 Å². The average molecular weight is 429 g/mol. The minimum atomic E-state index is -4.59. The van der Waals surface area contributed by atoms with Crippen LogP contribution >= 0.6 is 11.6 Å². The number of likely N-dealkylation sites (N-methyl/N-ethyl adjacent to an activating group) is 1. The summed E-state index contributed by atoms with van der Waals surface area (Å²) in [7, 11) is 1.37. The maximum Gasteiger partial charge on any atom is 0.433 e. The molecule has 0 spiro atoms. The van der Waals surface area contributed by atoms with Crippen molar-refractivity contribution >= 4 is 29.8 Å². The van der Waals surface area contributed by atoms with E-state index < -0.39 is 29.7 Å². The Bertz CT molecular complexity index is 904. The predicted octanol–water partition coefficient (Wildman–Crippen LogP) is 2.01. The molecule has 154 valence electrons. The van der Waals surface area contributed by atoms with Crippen LogP contribution in [0.4, 0.5) is 13.2 Å². The molecular formula is C18H16ClF3N4O3. The lowest BCUT2D eigenvalue weighted by atomic mass is 10.00. The van der Waals surface area contributed by atoms with Crippen molar-refractivity contribution in [2.24, 2.45) is 0 Å². The number of nitrogens with one attached hydrogen (secondary N) is 3. The summed E-state index contributed by atoms with van der Waals surface area (Å²) in [4.78, 5) is 38.3. The molecule has 0 aliphatic rings. The summed E-state index contributed by atoms with van der Waals surface area (Å²) < 4.78 is 38.1. The molecule has 0 aliphatic carbocycles. The van der Waals surface area contributed by atoms with E-state index in [1.165, 1.54) is 31.3 Å². The number of halogens is 4. The van der Waals surface area contributed by atoms with Crippen LogP contribution in [0.2, 0.25) is 5.02 Å². The van der Waals surface area contributed by atoms with Crippen molar-refractivity contribution in [3.8, 4) is 11.1 Å². The fraction of sp³-hybridized carbons (Fsp3) is 0.222. The van der Waals surface area contributed by atoms with Gasteiger partial charge in [-0.2, -0.15) is 13.2 Å². The smallest absolute Gasteiger partial charge is 0.357 e. The van der Waals surface area contributed by atoms with Crippen LogP contribution in [-0.4, -0.2) is 42.8 Å². The highest BCUT2D eigenvalue weighted by atomic mass is 35.5. The first kappa shape index (κ1) is 22.2. The summed E-state index contributed by atoms with van der Waals surface area (Å²) in [6.07, 6.45) is -3.27. The van der Waals surface area contributed by atoms with Crippen LogP contribution in [-0.2, 0) is 15.8 Å². The lowest BCUT2D eigenvalue weighted by Crippen LogP contribution is -2.49. The van der Waals surface area contributed by atoms with Gasteiger partial charge < -0.3 is 16.0 Å². The van der Waals surface area contributed by atoms with Crippen LogP contribution < -0.4 is 16.0 Å². The predicted molar refractivity (Wildman–Crippen MR) is 99.1 cm³/mol. The maximum atomic E-state index is 12.7. The van der Waals surface area contributed by atoms with E-state index in [1.807, 2.05) is 0 Å². The molecule has 2 rings (SSSR count). The Balaban J connectivity index is 2.29. The number of aromatic nitrogens is 1. The molecule has 1 atom stereocenters. The third-order valence-corrected chi connectivity index (χ3v) is 4.13. The summed E-state index contributed by atoms with van der Waals surface area (Å²) >= 11 is 5.97. The Morgan fingerprint density at radius 1 is 1.24 bits per heavy atom. The van der Waals surface area contributed by atoms with Crippen LogP contribution in [0.5, 0.6) is 0 Å². The Hall–Kier alpha value is -3.14. The monoisotopic (exact) mass is 428 g/mol. The van der Waals surface area contributed by atoms with E-state index in [2.05, 4.69) is 20.9 Å². The molecule has 2 aromatic rings. The SMILES string of the molecule is CNC(=O)C(CNC(=O)c1ccc(Cl)cc1-c1ccc(C(F)(F)F)nc1)NC=O. The van der Waals surface area contributed by atoms with Crippen LogP contribution in [0.1, 0.15) is 16.1 Å². The summed E-state index contributed by atoms with van der Waals surface area (Å²) in [6, 6.07) is 5.24. The molecule has 7 nitrogen and oxygen atoms in total. The Morgan fingerprint density at radius 3 is 2.52 bits per heavy atom. The van der Waals surface area contributed by atoms with Gasteiger partial charge in [-0.15, -0.1) is 0 Å². The van der Waals surface area contributed by atoms with Crippen LogP contribution in [0.15, 0.2) is 36.5 Å². The van der Waals surface area contributed by atoms with Crippen molar-refractivity contribution in [1.29, 1.82) is 0 Å². The van der Waals surface area contributed by atoms with Crippen molar-refractivity contribution in [2.75, 3.05) is 13.6 Å². The van der Waals surface area contributed by atoms with E-state index in [-0.39, 0.29) is 28.3 Å². The highest BCUT2D eigenvalue weighted by Gasteiger charge is 2.32. The zero-order chi connectivity index (χ0) is 21.6. The van der Waals surface area contributed by atoms with E-state index in [4.69, 9.17) is 11.6 Å². The minimum Gasteiger partial charge on any atom is -0.357 e. The highest BCUT2D eigenvalue weighted by Crippen LogP contribution is 2.31. The molecule has 0 bridgehead atoms. The van der Waals surface area contributed by atoms with Gasteiger partial charge in [-0.05, 0) is 29.8 Å². The second kappa shape index (κ2) is 9.37. The molecule has 3 amide bonds. The first-order valence-corrected chi connectivity index (χ1v) is 8.57. The molecule has 11 heteroatoms. The average Bonchev–Trinajstić information content (AvgIpc) is 2.69. The normalized spacial score (nSPS) is 12.0. The van der Waals surface area contributed by atoms with Gasteiger partial charge in [0.25, 0.3) is 5.91 Å². The summed E-state index contributed by atoms with van der Waals surface area (Å²) in [5.41, 5.74) is -0.448. The fourth-order valence-corrected chi connectivity index (χ4v) is 2.62. The second-order valence-corrected chi connectivity index (χ2v) is 6.22. The largest absolute Gasteiger partial charge is 0.433 e. The van der Waals surface area contributed by atoms with Crippen LogP contribution in [0, 0.1) is 0 Å². The first-order chi connectivity index (χ1) is 13.7. The van der Waals surface area contributed by atoms with Gasteiger partial charge in [0.05, 0.1) is 0 Å². The van der Waals surface area contributed by atoms with Crippen molar-refractivity contribution in [1.82, 2.24) is 20.9 Å². The van der Waals surface area contributed by atoms with Crippen LogP contribution in [0.3, 0.4) is 0 Å². The molecule has 0 aliphatic heterocycles. The van der Waals surface area contributed by atoms with E-state index in [1.54, 1.807) is 0 Å². The Morgan fingerprint density at radius 2 is 1.97 bits per heavy atom. The van der Waals surface area contributed by atoms with Crippen molar-refractivity contribution in [3.05, 3.63) is 52.8 Å². The highest BCUT2D eigenvalue weighted by molar-refractivity contribution is 6.31. The van der Waals surface area contributed by atoms with Gasteiger partial charge in [0.1, 0.15) is 11.7 Å². The quantitative estimate of drug-likeness (QED) is 0.587. The number of alkyl halides is 3. The number of pyridine rings is 1. The molecule has 0 radical (unpaired) electrons. The molecule has 1 heterocycles. The van der Waals surface area contributed by atoms with Crippen LogP contribution in [0.25, 0.3) is 11.1 Å². The Kier molecular flexibility index (Phi) is 7.16. The number of hydrogen-bond acceptors (Lipinski definition) is 4. The van der Waals surface area contributed by atoms with E-state index in [0.717, 1.165) is 12.3 Å². The lowest BCUT2D eigenvalue weighted by Gasteiger charge is -2.16. The van der Waals surface area contributed by atoms with Gasteiger partial charge in [0.2, 0.25) is 12.3 Å². The standard InChI is InChI=1S/C18H16ClF3N4O3/c1-23-17(29)14(26-9-27)8-25-16(28)12-4-3-11(19)6-13(12)10-2-5-15(24-7-10)18(20,21)22/h2-7,9,14H,8H2,1H3,(H,23,29)(H,25,28)(H,26,27). The number of nitrogens with zero attached hydrogens (tertiary/aromatic N) is 1. The topological polar surface area (TPSA) is 100 Å². The molecule has 3 N–H and O–H groups in total. The van der Waals surface area contributed by atoms with Gasteiger partial charge in [0, 0.05) is 35.9 Å². The van der Waals surface area contributed by atoms with E-state index in [0.29, 0.717) is 6.41 Å². The first-order valence-electron chi connectivity index (χ1n) is 8.20. The van der Waals surface area contributed by atoms with Gasteiger partial charge in [0.15, 0.2) is 0 Å². The molecule has 0 saturated carbocycles. The fourth-order valence-electron chi connectivity index (χ4n) is 2.45. The van der Waals surface area contributed by atoms with Gasteiger partial charge in [-0.25, -0.2) is 0 Å². The van der Waals surface area contributed by atoms with Gasteiger partial charge >= 0.3 is 6.18 Å². The third-order valence-electron chi connectivity index (χ3n) is 3.89. The molecule has 1 aromatic heterocycles. The number of carbonyl (C=O) groups is 3. The zero-order valence-electron chi connectivity index (χ0n) is 15.0. The van der Waals surface area contributed by atoms with Gasteiger partial charge in [-0.3, -0.25) is 19.4 Å². The van der Waals surface area contributed by atoms with Crippen molar-refractivity contribution in [3.63, 3.8) is 0 Å². The third kappa shape index (κ3) is 5.67. The van der Waals surface area contributed by atoms with Crippen molar-refractivity contribution in [2.45, 2.75) is 12.2 Å². The molecule has 0 fully saturated rings. The minimum absolute atomic E-state index is 0.109. The summed E-state index contributed by atoms with van der Waals surface area (Å²) in [5.74, 6) is -1.13. The summed E-state index contributed by atoms with van der Waals surface area (Å²) in [5, 5.41) is 7.38. The number of hydrogen-bond donors (Lipinski definition) is 3. The molecule has 1 unspecified atom stereocenters.